The van der Waals surface area contributed by atoms with Gasteiger partial charge in [0, 0.05) is 29.7 Å². The zero-order valence-electron chi connectivity index (χ0n) is 22.4. The van der Waals surface area contributed by atoms with Crippen LogP contribution < -0.4 is 10.2 Å². The Morgan fingerprint density at radius 2 is 1.51 bits per heavy atom. The first-order valence-corrected chi connectivity index (χ1v) is 13.2. The number of carbonyl (C=O) groups excluding carboxylic acids is 1. The highest BCUT2D eigenvalue weighted by molar-refractivity contribution is 5.88. The molecule has 1 fully saturated rings. The molecule has 0 bridgehead atoms. The van der Waals surface area contributed by atoms with Crippen LogP contribution in [-0.4, -0.2) is 72.7 Å². The van der Waals surface area contributed by atoms with E-state index in [1.807, 2.05) is 0 Å². The van der Waals surface area contributed by atoms with Crippen LogP contribution in [0.1, 0.15) is 12.0 Å². The van der Waals surface area contributed by atoms with Gasteiger partial charge in [0.05, 0.1) is 12.7 Å². The molecule has 1 heterocycles. The summed E-state index contributed by atoms with van der Waals surface area (Å²) in [6.45, 7) is -0.360. The number of benzene rings is 3. The first kappa shape index (κ1) is 29.5. The fourth-order valence-corrected chi connectivity index (χ4v) is 4.88. The highest BCUT2D eigenvalue weighted by Gasteiger charge is 2.45. The number of hydrogen-bond donors (Lipinski definition) is 7. The molecule has 43 heavy (non-hydrogen) atoms. The molecule has 0 radical (unpaired) electrons. The zero-order valence-corrected chi connectivity index (χ0v) is 22.4. The average Bonchev–Trinajstić information content (AvgIpc) is 2.97. The SMILES string of the molecule is O=C(/C=C/c1ccc(O)cc1)OCC1C[C@@H](Oc2c(-c3ccc(O)cc3)oc3cc(O)cc(O)c3c2=O)C(O)C(O)[C@@H]1O. The van der Waals surface area contributed by atoms with Crippen LogP contribution >= 0.6 is 0 Å². The average molecular weight is 593 g/mol. The number of rotatable bonds is 7. The van der Waals surface area contributed by atoms with Crippen LogP contribution in [0, 0.1) is 5.92 Å². The van der Waals surface area contributed by atoms with Gasteiger partial charge < -0.3 is 49.6 Å². The number of phenols is 4. The maximum absolute atomic E-state index is 13.6. The third-order valence-electron chi connectivity index (χ3n) is 7.16. The highest BCUT2D eigenvalue weighted by Crippen LogP contribution is 2.38. The molecule has 5 rings (SSSR count). The third kappa shape index (κ3) is 6.26. The summed E-state index contributed by atoms with van der Waals surface area (Å²) in [5, 5.41) is 71.0. The maximum Gasteiger partial charge on any atom is 0.330 e. The molecule has 3 aromatic carbocycles. The molecule has 5 atom stereocenters. The highest BCUT2D eigenvalue weighted by atomic mass is 16.5. The summed E-state index contributed by atoms with van der Waals surface area (Å²) in [6.07, 6.45) is -3.76. The molecular weight excluding hydrogens is 564 g/mol. The van der Waals surface area contributed by atoms with Crippen molar-refractivity contribution in [3.63, 3.8) is 0 Å². The Labute approximate surface area is 243 Å². The molecule has 1 aromatic heterocycles. The molecule has 4 aromatic rings. The van der Waals surface area contributed by atoms with Crippen molar-refractivity contribution in [3.8, 4) is 40.1 Å². The standard InChI is InChI=1S/C31H28O12/c32-18-6-1-15(2-7-18)3-10-24(36)41-14-17-11-23(27(38)29(40)26(17)37)43-31-28(39)25-21(35)12-20(34)13-22(25)42-30(31)16-4-8-19(33)9-5-16/h1-10,12-13,17,23,26-27,29,32-35,37-38,40H,11,14H2/b10-3+/t17?,23-,26-,27?,29?/m1/s1. The van der Waals surface area contributed by atoms with E-state index >= 15 is 0 Å². The number of aliphatic hydroxyl groups excluding tert-OH is 3. The van der Waals surface area contributed by atoms with Crippen LogP contribution in [0.5, 0.6) is 28.7 Å². The lowest BCUT2D eigenvalue weighted by Crippen LogP contribution is -2.56. The molecular formula is C31H28O12. The minimum absolute atomic E-state index is 0.0660. The molecule has 1 aliphatic carbocycles. The van der Waals surface area contributed by atoms with Gasteiger partial charge in [-0.05, 0) is 54.5 Å². The van der Waals surface area contributed by atoms with Crippen molar-refractivity contribution in [2.75, 3.05) is 6.61 Å². The van der Waals surface area contributed by atoms with E-state index in [9.17, 15) is 45.3 Å². The summed E-state index contributed by atoms with van der Waals surface area (Å²) in [7, 11) is 0. The quantitative estimate of drug-likeness (QED) is 0.122. The van der Waals surface area contributed by atoms with Gasteiger partial charge in [0.25, 0.3) is 0 Å². The monoisotopic (exact) mass is 592 g/mol. The van der Waals surface area contributed by atoms with Crippen molar-refractivity contribution >= 4 is 23.0 Å². The zero-order chi connectivity index (χ0) is 30.8. The van der Waals surface area contributed by atoms with Gasteiger partial charge in [-0.15, -0.1) is 0 Å². The molecule has 0 aliphatic heterocycles. The second-order valence-corrected chi connectivity index (χ2v) is 10.2. The number of aromatic hydroxyl groups is 4. The number of aliphatic hydroxyl groups is 3. The molecule has 0 spiro atoms. The van der Waals surface area contributed by atoms with Crippen LogP contribution in [0.25, 0.3) is 28.4 Å². The van der Waals surface area contributed by atoms with Gasteiger partial charge in [-0.1, -0.05) is 12.1 Å². The van der Waals surface area contributed by atoms with Crippen LogP contribution in [0.3, 0.4) is 0 Å². The van der Waals surface area contributed by atoms with Gasteiger partial charge in [-0.2, -0.15) is 0 Å². The fraction of sp³-hybridized carbons (Fsp3) is 0.226. The number of carbonyl (C=O) groups is 1. The number of fused-ring (bicyclic) bond motifs is 1. The number of phenolic OH excluding ortho intramolecular Hbond substituents is 4. The molecule has 224 valence electrons. The van der Waals surface area contributed by atoms with E-state index < -0.39 is 53.2 Å². The summed E-state index contributed by atoms with van der Waals surface area (Å²) in [4.78, 5) is 25.9. The Kier molecular flexibility index (Phi) is 8.26. The predicted molar refractivity (Wildman–Crippen MR) is 152 cm³/mol. The second-order valence-electron chi connectivity index (χ2n) is 10.2. The Hall–Kier alpha value is -5.04. The van der Waals surface area contributed by atoms with Gasteiger partial charge in [0.2, 0.25) is 11.2 Å². The van der Waals surface area contributed by atoms with Gasteiger partial charge in [0.1, 0.15) is 52.3 Å². The predicted octanol–water partition coefficient (Wildman–Crippen LogP) is 2.39. The Morgan fingerprint density at radius 1 is 0.860 bits per heavy atom. The van der Waals surface area contributed by atoms with Crippen molar-refractivity contribution < 1.29 is 54.4 Å². The van der Waals surface area contributed by atoms with Gasteiger partial charge in [-0.25, -0.2) is 4.79 Å². The topological polar surface area (TPSA) is 207 Å². The van der Waals surface area contributed by atoms with Gasteiger partial charge in [0.15, 0.2) is 5.76 Å². The van der Waals surface area contributed by atoms with Gasteiger partial charge in [-0.3, -0.25) is 4.79 Å². The molecule has 7 N–H and O–H groups in total. The van der Waals surface area contributed by atoms with Crippen LogP contribution in [0.2, 0.25) is 0 Å². The lowest BCUT2D eigenvalue weighted by Gasteiger charge is -2.40. The van der Waals surface area contributed by atoms with E-state index in [0.29, 0.717) is 5.56 Å². The fourth-order valence-electron chi connectivity index (χ4n) is 4.88. The van der Waals surface area contributed by atoms with Gasteiger partial charge >= 0.3 is 5.97 Å². The van der Waals surface area contributed by atoms with E-state index in [1.165, 1.54) is 42.5 Å². The normalized spacial score (nSPS) is 22.1. The molecule has 0 amide bonds. The molecule has 1 saturated carbocycles. The van der Waals surface area contributed by atoms with Crippen LogP contribution in [0.15, 0.2) is 76.0 Å². The summed E-state index contributed by atoms with van der Waals surface area (Å²) in [5.41, 5.74) is -0.120. The Morgan fingerprint density at radius 3 is 2.19 bits per heavy atom. The van der Waals surface area contributed by atoms with Crippen LogP contribution in [0.4, 0.5) is 0 Å². The first-order valence-electron chi connectivity index (χ1n) is 13.2. The summed E-state index contributed by atoms with van der Waals surface area (Å²) in [5.74, 6) is -3.22. The summed E-state index contributed by atoms with van der Waals surface area (Å²) < 4.78 is 17.0. The minimum atomic E-state index is -1.73. The number of esters is 1. The van der Waals surface area contributed by atoms with E-state index in [4.69, 9.17) is 13.9 Å². The van der Waals surface area contributed by atoms with E-state index in [1.54, 1.807) is 12.1 Å². The van der Waals surface area contributed by atoms with E-state index in [0.717, 1.165) is 18.2 Å². The largest absolute Gasteiger partial charge is 0.508 e. The van der Waals surface area contributed by atoms with Crippen molar-refractivity contribution in [2.45, 2.75) is 30.8 Å². The molecule has 1 aliphatic rings. The molecule has 0 saturated heterocycles. The summed E-state index contributed by atoms with van der Waals surface area (Å²) >= 11 is 0. The minimum Gasteiger partial charge on any atom is -0.508 e. The van der Waals surface area contributed by atoms with Crippen molar-refractivity contribution in [1.82, 2.24) is 0 Å². The Balaban J connectivity index is 1.42. The molecule has 12 nitrogen and oxygen atoms in total. The van der Waals surface area contributed by atoms with Crippen molar-refractivity contribution in [2.24, 2.45) is 5.92 Å². The second kappa shape index (κ2) is 12.1. The van der Waals surface area contributed by atoms with Crippen LogP contribution in [-0.2, 0) is 9.53 Å². The molecule has 3 unspecified atom stereocenters. The lowest BCUT2D eigenvalue weighted by molar-refractivity contribution is -0.166. The van der Waals surface area contributed by atoms with E-state index in [-0.39, 0.29) is 52.6 Å². The Bertz CT molecular complexity index is 1710. The molecule has 12 heteroatoms. The van der Waals surface area contributed by atoms with Crippen molar-refractivity contribution in [3.05, 3.63) is 82.5 Å². The number of hydrogen-bond acceptors (Lipinski definition) is 12. The lowest BCUT2D eigenvalue weighted by atomic mass is 9.81. The van der Waals surface area contributed by atoms with E-state index in [2.05, 4.69) is 0 Å². The number of ether oxygens (including phenoxy) is 2. The first-order chi connectivity index (χ1) is 20.5. The summed E-state index contributed by atoms with van der Waals surface area (Å²) in [6, 6.07) is 13.7. The maximum atomic E-state index is 13.6. The third-order valence-corrected chi connectivity index (χ3v) is 7.16. The van der Waals surface area contributed by atoms with Crippen molar-refractivity contribution in [1.29, 1.82) is 0 Å². The smallest absolute Gasteiger partial charge is 0.330 e.